The van der Waals surface area contributed by atoms with Crippen LogP contribution in [0.5, 0.6) is 0 Å². The van der Waals surface area contributed by atoms with Crippen LogP contribution >= 0.6 is 0 Å². The predicted molar refractivity (Wildman–Crippen MR) is 276 cm³/mol. The smallest absolute Gasteiger partial charge is 0.0623 e. The van der Waals surface area contributed by atoms with Gasteiger partial charge in [-0.2, -0.15) is 0 Å². The average molecular weight is 837 g/mol. The van der Waals surface area contributed by atoms with Crippen molar-refractivity contribution in [2.75, 3.05) is 14.7 Å². The van der Waals surface area contributed by atoms with Gasteiger partial charge in [0.25, 0.3) is 0 Å². The number of rotatable bonds is 11. The zero-order chi connectivity index (χ0) is 43.7. The maximum atomic E-state index is 4.30. The fourth-order valence-corrected chi connectivity index (χ4v) is 9.86. The largest absolute Gasteiger partial charge is 0.333 e. The number of aromatic nitrogens is 1. The molecule has 2 atom stereocenters. The first-order valence-electron chi connectivity index (χ1n) is 22.4. The number of hydrogen-bond acceptors (Lipinski definition) is 3. The number of para-hydroxylation sites is 5. The number of nitrogens with zero attached hydrogens (tertiary/aromatic N) is 4. The van der Waals surface area contributed by atoms with E-state index in [1.807, 2.05) is 0 Å². The van der Waals surface area contributed by atoms with E-state index in [-0.39, 0.29) is 12.0 Å². The summed E-state index contributed by atoms with van der Waals surface area (Å²) in [5, 5.41) is 2.45. The third-order valence-electron chi connectivity index (χ3n) is 12.8. The van der Waals surface area contributed by atoms with Crippen LogP contribution < -0.4 is 14.7 Å². The quantitative estimate of drug-likeness (QED) is 0.121. The number of hydrogen-bond donors (Lipinski definition) is 0. The highest BCUT2D eigenvalue weighted by Gasteiger charge is 2.36. The van der Waals surface area contributed by atoms with Crippen molar-refractivity contribution in [2.45, 2.75) is 18.9 Å². The van der Waals surface area contributed by atoms with Gasteiger partial charge >= 0.3 is 0 Å². The Morgan fingerprint density at radius 3 is 1.46 bits per heavy atom. The lowest BCUT2D eigenvalue weighted by atomic mass is 9.93. The van der Waals surface area contributed by atoms with E-state index < -0.39 is 0 Å². The molecule has 0 saturated carbocycles. The van der Waals surface area contributed by atoms with Crippen LogP contribution in [0.25, 0.3) is 38.6 Å². The molecule has 0 bridgehead atoms. The summed E-state index contributed by atoms with van der Waals surface area (Å²) < 4.78 is 2.37. The highest BCUT2D eigenvalue weighted by molar-refractivity contribution is 6.10. The summed E-state index contributed by atoms with van der Waals surface area (Å²) >= 11 is 0. The SMILES string of the molecule is C=CC1C(/C=C\C)c2cc(N(c3ccccc3)c3ccc(-c4ccc(N(c5ccccc5)c5ccc6c(c5)c5ccccc5n6-c5ccccc5)cc4)cc3)ccc2N1c1ccccc1. The minimum atomic E-state index is 0.103. The molecule has 0 amide bonds. The Kier molecular flexibility index (Phi) is 10.4. The van der Waals surface area contributed by atoms with Gasteiger partial charge in [-0.1, -0.05) is 133 Å². The molecular weight excluding hydrogens is 789 g/mol. The van der Waals surface area contributed by atoms with E-state index in [9.17, 15) is 0 Å². The summed E-state index contributed by atoms with van der Waals surface area (Å²) in [6, 6.07) is 83.1. The van der Waals surface area contributed by atoms with Crippen LogP contribution in [0.3, 0.4) is 0 Å². The molecule has 312 valence electrons. The molecule has 0 fully saturated rings. The van der Waals surface area contributed by atoms with Crippen LogP contribution in [0.1, 0.15) is 18.4 Å². The Hall–Kier alpha value is -8.34. The van der Waals surface area contributed by atoms with Crippen molar-refractivity contribution in [3.63, 3.8) is 0 Å². The van der Waals surface area contributed by atoms with Crippen LogP contribution in [0.2, 0.25) is 0 Å². The van der Waals surface area contributed by atoms with Crippen LogP contribution in [0, 0.1) is 0 Å². The predicted octanol–water partition coefficient (Wildman–Crippen LogP) is 16.8. The Labute approximate surface area is 381 Å². The van der Waals surface area contributed by atoms with Crippen molar-refractivity contribution in [1.82, 2.24) is 4.57 Å². The summed E-state index contributed by atoms with van der Waals surface area (Å²) in [6.45, 7) is 6.40. The van der Waals surface area contributed by atoms with Gasteiger partial charge in [0.1, 0.15) is 0 Å². The second-order valence-corrected chi connectivity index (χ2v) is 16.6. The van der Waals surface area contributed by atoms with Gasteiger partial charge in [0, 0.05) is 67.9 Å². The molecule has 11 rings (SSSR count). The summed E-state index contributed by atoms with van der Waals surface area (Å²) in [5.41, 5.74) is 16.1. The van der Waals surface area contributed by atoms with Gasteiger partial charge in [-0.15, -0.1) is 6.58 Å². The molecule has 0 N–H and O–H groups in total. The van der Waals surface area contributed by atoms with Crippen LogP contribution in [0.4, 0.5) is 45.5 Å². The molecular formula is C61H48N4. The first kappa shape index (κ1) is 39.5. The van der Waals surface area contributed by atoms with Crippen molar-refractivity contribution >= 4 is 67.3 Å². The lowest BCUT2D eigenvalue weighted by Crippen LogP contribution is -2.27. The Bertz CT molecular complexity index is 3280. The Morgan fingerprint density at radius 2 is 0.892 bits per heavy atom. The standard InChI is InChI=1S/C61H48N4/c1-3-19-54-56-42-52(38-40-60(56)64(58(54)4-2)48-24-13-7-14-25-48)62(46-20-9-5-10-21-46)50-34-30-44(31-35-50)45-32-36-51(37-33-45)63(47-22-11-6-12-23-47)53-39-41-61-57(43-53)55-28-17-18-29-59(55)65(61)49-26-15-8-16-27-49/h3-43,54,58H,2H2,1H3/b19-3-. The molecule has 1 aliphatic rings. The molecule has 9 aromatic carbocycles. The third kappa shape index (κ3) is 7.16. The van der Waals surface area contributed by atoms with E-state index in [0.29, 0.717) is 0 Å². The number of benzene rings is 9. The fraction of sp³-hybridized carbons (Fsp3) is 0.0492. The molecule has 4 heteroatoms. The lowest BCUT2D eigenvalue weighted by molar-refractivity contribution is 0.753. The third-order valence-corrected chi connectivity index (χ3v) is 12.8. The summed E-state index contributed by atoms with van der Waals surface area (Å²) in [6.07, 6.45) is 6.56. The van der Waals surface area contributed by atoms with Gasteiger partial charge in [-0.25, -0.2) is 0 Å². The molecule has 0 spiro atoms. The van der Waals surface area contributed by atoms with Crippen molar-refractivity contribution in [2.24, 2.45) is 0 Å². The Morgan fingerprint density at radius 1 is 0.431 bits per heavy atom. The molecule has 2 heterocycles. The molecule has 0 aliphatic carbocycles. The molecule has 4 nitrogen and oxygen atoms in total. The van der Waals surface area contributed by atoms with Crippen LogP contribution in [-0.2, 0) is 0 Å². The van der Waals surface area contributed by atoms with Crippen molar-refractivity contribution in [1.29, 1.82) is 0 Å². The van der Waals surface area contributed by atoms with Crippen molar-refractivity contribution < 1.29 is 0 Å². The minimum absolute atomic E-state index is 0.103. The molecule has 0 saturated heterocycles. The zero-order valence-electron chi connectivity index (χ0n) is 36.3. The minimum Gasteiger partial charge on any atom is -0.333 e. The summed E-state index contributed by atoms with van der Waals surface area (Å²) in [5.74, 6) is 0.165. The van der Waals surface area contributed by atoms with E-state index in [1.165, 1.54) is 38.7 Å². The highest BCUT2D eigenvalue weighted by Crippen LogP contribution is 2.49. The van der Waals surface area contributed by atoms with Crippen molar-refractivity contribution in [3.8, 4) is 16.8 Å². The zero-order valence-corrected chi connectivity index (χ0v) is 36.3. The van der Waals surface area contributed by atoms with Crippen LogP contribution in [0.15, 0.2) is 255 Å². The fourth-order valence-electron chi connectivity index (χ4n) is 9.86. The summed E-state index contributed by atoms with van der Waals surface area (Å²) in [4.78, 5) is 7.14. The van der Waals surface area contributed by atoms with E-state index in [1.54, 1.807) is 0 Å². The van der Waals surface area contributed by atoms with E-state index in [0.717, 1.165) is 50.9 Å². The maximum absolute atomic E-state index is 4.30. The first-order valence-corrected chi connectivity index (χ1v) is 22.4. The summed E-state index contributed by atoms with van der Waals surface area (Å²) in [7, 11) is 0. The maximum Gasteiger partial charge on any atom is 0.0623 e. The van der Waals surface area contributed by atoms with Crippen molar-refractivity contribution in [3.05, 3.63) is 261 Å². The van der Waals surface area contributed by atoms with E-state index >= 15 is 0 Å². The molecule has 1 aromatic heterocycles. The number of fused-ring (bicyclic) bond motifs is 4. The van der Waals surface area contributed by atoms with Gasteiger partial charge in [0.05, 0.1) is 17.1 Å². The normalized spacial score (nSPS) is 14.5. The number of anilines is 8. The van der Waals surface area contributed by atoms with Gasteiger partial charge in [-0.3, -0.25) is 0 Å². The molecule has 65 heavy (non-hydrogen) atoms. The first-order chi connectivity index (χ1) is 32.2. The Balaban J connectivity index is 0.937. The second-order valence-electron chi connectivity index (χ2n) is 16.6. The van der Waals surface area contributed by atoms with Gasteiger partial charge in [-0.05, 0) is 139 Å². The molecule has 1 aliphatic heterocycles. The molecule has 2 unspecified atom stereocenters. The van der Waals surface area contributed by atoms with Gasteiger partial charge in [0.15, 0.2) is 0 Å². The van der Waals surface area contributed by atoms with E-state index in [2.05, 4.69) is 282 Å². The topological polar surface area (TPSA) is 14.7 Å². The lowest BCUT2D eigenvalue weighted by Gasteiger charge is -2.28. The average Bonchev–Trinajstić information content (AvgIpc) is 3.87. The van der Waals surface area contributed by atoms with E-state index in [4.69, 9.17) is 0 Å². The monoisotopic (exact) mass is 836 g/mol. The van der Waals surface area contributed by atoms with Crippen LogP contribution in [-0.4, -0.2) is 10.6 Å². The highest BCUT2D eigenvalue weighted by atomic mass is 15.2. The second kappa shape index (κ2) is 17.1. The molecule has 10 aromatic rings. The van der Waals surface area contributed by atoms with Gasteiger partial charge in [0.2, 0.25) is 0 Å². The van der Waals surface area contributed by atoms with Gasteiger partial charge < -0.3 is 19.3 Å². The molecule has 0 radical (unpaired) electrons. The number of allylic oxidation sites excluding steroid dienone is 1.